The zero-order valence-electron chi connectivity index (χ0n) is 18.4. The molecule has 1 amide bonds. The Labute approximate surface area is 199 Å². The number of aromatic amines is 1. The Morgan fingerprint density at radius 3 is 2.64 bits per heavy atom. The standard InChI is InChI=1S/C25H24FN3O2S2/c1-15(8-9-17-6-4-3-5-7-17)27-20(30)14-32-25-28-23(31)22-21(16(2)33-24(22)29-25)18-10-12-19(26)13-11-18/h3-7,10-13,15H,8-9,14H2,1-2H3,(H,27,30)(H,28,29,31). The number of fused-ring (bicyclic) bond motifs is 1. The Bertz CT molecular complexity index is 1320. The molecule has 0 aliphatic heterocycles. The van der Waals surface area contributed by atoms with Crippen LogP contribution in [-0.4, -0.2) is 27.7 Å². The number of nitrogens with zero attached hydrogens (tertiary/aromatic N) is 1. The van der Waals surface area contributed by atoms with Gasteiger partial charge in [0.1, 0.15) is 10.6 Å². The van der Waals surface area contributed by atoms with Gasteiger partial charge in [-0.25, -0.2) is 9.37 Å². The van der Waals surface area contributed by atoms with Gasteiger partial charge < -0.3 is 10.3 Å². The molecule has 0 bridgehead atoms. The number of hydrogen-bond acceptors (Lipinski definition) is 5. The Hall–Kier alpha value is -2.97. The van der Waals surface area contributed by atoms with E-state index in [2.05, 4.69) is 27.4 Å². The van der Waals surface area contributed by atoms with E-state index in [1.165, 1.54) is 40.8 Å². The molecular weight excluding hydrogens is 457 g/mol. The summed E-state index contributed by atoms with van der Waals surface area (Å²) in [6.07, 6.45) is 1.75. The number of carbonyl (C=O) groups is 1. The molecule has 2 aromatic heterocycles. The van der Waals surface area contributed by atoms with Crippen molar-refractivity contribution in [2.24, 2.45) is 0 Å². The van der Waals surface area contributed by atoms with Crippen LogP contribution < -0.4 is 10.9 Å². The van der Waals surface area contributed by atoms with Gasteiger partial charge in [0.25, 0.3) is 5.56 Å². The topological polar surface area (TPSA) is 74.8 Å². The normalized spacial score (nSPS) is 12.1. The first-order chi connectivity index (χ1) is 15.9. The van der Waals surface area contributed by atoms with Crippen LogP contribution in [0.15, 0.2) is 64.5 Å². The first-order valence-corrected chi connectivity index (χ1v) is 12.5. The molecule has 170 valence electrons. The summed E-state index contributed by atoms with van der Waals surface area (Å²) < 4.78 is 13.3. The second-order valence-electron chi connectivity index (χ2n) is 7.87. The van der Waals surface area contributed by atoms with Crippen LogP contribution in [0.4, 0.5) is 4.39 Å². The maximum absolute atomic E-state index is 13.3. The Balaban J connectivity index is 1.40. The van der Waals surface area contributed by atoms with Crippen molar-refractivity contribution in [1.82, 2.24) is 15.3 Å². The number of benzene rings is 2. The third-order valence-electron chi connectivity index (χ3n) is 5.31. The number of thioether (sulfide) groups is 1. The average molecular weight is 482 g/mol. The SMILES string of the molecule is Cc1sc2nc(SCC(=O)NC(C)CCc3ccccc3)[nH]c(=O)c2c1-c1ccc(F)cc1. The summed E-state index contributed by atoms with van der Waals surface area (Å²) in [7, 11) is 0. The van der Waals surface area contributed by atoms with Crippen molar-refractivity contribution in [2.45, 2.75) is 37.9 Å². The predicted octanol–water partition coefficient (Wildman–Crippen LogP) is 5.33. The number of thiophene rings is 1. The molecule has 1 atom stereocenters. The molecule has 0 spiro atoms. The van der Waals surface area contributed by atoms with Crippen LogP contribution >= 0.6 is 23.1 Å². The fraction of sp³-hybridized carbons (Fsp3) is 0.240. The first-order valence-electron chi connectivity index (χ1n) is 10.7. The molecule has 4 aromatic rings. The lowest BCUT2D eigenvalue weighted by molar-refractivity contribution is -0.119. The fourth-order valence-corrected chi connectivity index (χ4v) is 5.46. The average Bonchev–Trinajstić information content (AvgIpc) is 3.14. The largest absolute Gasteiger partial charge is 0.353 e. The number of hydrogen-bond donors (Lipinski definition) is 2. The number of aryl methyl sites for hydroxylation is 2. The van der Waals surface area contributed by atoms with Crippen LogP contribution in [0.25, 0.3) is 21.3 Å². The number of rotatable bonds is 8. The highest BCUT2D eigenvalue weighted by Crippen LogP contribution is 2.36. The van der Waals surface area contributed by atoms with Crippen LogP contribution in [0.2, 0.25) is 0 Å². The van der Waals surface area contributed by atoms with Crippen molar-refractivity contribution in [2.75, 3.05) is 5.75 Å². The van der Waals surface area contributed by atoms with Gasteiger partial charge in [-0.05, 0) is 49.9 Å². The molecule has 0 aliphatic carbocycles. The molecule has 0 saturated heterocycles. The van der Waals surface area contributed by atoms with Crippen molar-refractivity contribution in [3.05, 3.63) is 81.2 Å². The van der Waals surface area contributed by atoms with Crippen molar-refractivity contribution in [1.29, 1.82) is 0 Å². The van der Waals surface area contributed by atoms with Gasteiger partial charge in [-0.15, -0.1) is 11.3 Å². The van der Waals surface area contributed by atoms with Crippen LogP contribution in [0.3, 0.4) is 0 Å². The maximum atomic E-state index is 13.3. The first kappa shape index (κ1) is 23.2. The Morgan fingerprint density at radius 1 is 1.18 bits per heavy atom. The summed E-state index contributed by atoms with van der Waals surface area (Å²) in [6, 6.07) is 16.3. The third kappa shape index (κ3) is 5.69. The van der Waals surface area contributed by atoms with E-state index in [4.69, 9.17) is 0 Å². The lowest BCUT2D eigenvalue weighted by Crippen LogP contribution is -2.34. The maximum Gasteiger partial charge on any atom is 0.260 e. The number of aromatic nitrogens is 2. The summed E-state index contributed by atoms with van der Waals surface area (Å²) in [6.45, 7) is 3.91. The minimum absolute atomic E-state index is 0.0472. The molecule has 0 saturated carbocycles. The zero-order chi connectivity index (χ0) is 23.4. The van der Waals surface area contributed by atoms with Crippen LogP contribution in [0.5, 0.6) is 0 Å². The van der Waals surface area contributed by atoms with Crippen molar-refractivity contribution in [3.63, 3.8) is 0 Å². The number of carbonyl (C=O) groups excluding carboxylic acids is 1. The summed E-state index contributed by atoms with van der Waals surface area (Å²) >= 11 is 2.62. The second kappa shape index (κ2) is 10.3. The number of H-pyrrole nitrogens is 1. The van der Waals surface area contributed by atoms with E-state index in [1.807, 2.05) is 32.0 Å². The smallest absolute Gasteiger partial charge is 0.260 e. The Morgan fingerprint density at radius 2 is 1.91 bits per heavy atom. The number of halogens is 1. The van der Waals surface area contributed by atoms with E-state index in [-0.39, 0.29) is 29.1 Å². The zero-order valence-corrected chi connectivity index (χ0v) is 20.0. The number of amides is 1. The van der Waals surface area contributed by atoms with Gasteiger partial charge in [0.2, 0.25) is 5.91 Å². The van der Waals surface area contributed by atoms with Crippen molar-refractivity contribution in [3.8, 4) is 11.1 Å². The van der Waals surface area contributed by atoms with E-state index < -0.39 is 0 Å². The van der Waals surface area contributed by atoms with Gasteiger partial charge in [-0.3, -0.25) is 9.59 Å². The van der Waals surface area contributed by atoms with Gasteiger partial charge in [-0.2, -0.15) is 0 Å². The van der Waals surface area contributed by atoms with Crippen LogP contribution in [-0.2, 0) is 11.2 Å². The predicted molar refractivity (Wildman–Crippen MR) is 133 cm³/mol. The lowest BCUT2D eigenvalue weighted by atomic mass is 10.0. The van der Waals surface area contributed by atoms with E-state index in [9.17, 15) is 14.0 Å². The second-order valence-corrected chi connectivity index (χ2v) is 10.0. The monoisotopic (exact) mass is 481 g/mol. The summed E-state index contributed by atoms with van der Waals surface area (Å²) in [4.78, 5) is 34.1. The molecule has 2 N–H and O–H groups in total. The third-order valence-corrected chi connectivity index (χ3v) is 7.18. The Kier molecular flexibility index (Phi) is 7.25. The van der Waals surface area contributed by atoms with Crippen molar-refractivity contribution < 1.29 is 9.18 Å². The molecule has 0 fully saturated rings. The highest BCUT2D eigenvalue weighted by molar-refractivity contribution is 7.99. The summed E-state index contributed by atoms with van der Waals surface area (Å²) in [5.41, 5.74) is 2.53. The minimum Gasteiger partial charge on any atom is -0.353 e. The van der Waals surface area contributed by atoms with Gasteiger partial charge >= 0.3 is 0 Å². The van der Waals surface area contributed by atoms with Crippen LogP contribution in [0, 0.1) is 12.7 Å². The van der Waals surface area contributed by atoms with Gasteiger partial charge in [-0.1, -0.05) is 54.2 Å². The lowest BCUT2D eigenvalue weighted by Gasteiger charge is -2.13. The molecular formula is C25H24FN3O2S2. The number of nitrogens with one attached hydrogen (secondary N) is 2. The molecule has 5 nitrogen and oxygen atoms in total. The summed E-state index contributed by atoms with van der Waals surface area (Å²) in [5, 5.41) is 3.91. The fourth-order valence-electron chi connectivity index (χ4n) is 3.68. The van der Waals surface area contributed by atoms with E-state index in [1.54, 1.807) is 12.1 Å². The van der Waals surface area contributed by atoms with Gasteiger partial charge in [0.15, 0.2) is 5.16 Å². The molecule has 2 aromatic carbocycles. The molecule has 8 heteroatoms. The molecule has 1 unspecified atom stereocenters. The molecule has 2 heterocycles. The van der Waals surface area contributed by atoms with Gasteiger partial charge in [0.05, 0.1) is 11.1 Å². The van der Waals surface area contributed by atoms with E-state index in [0.717, 1.165) is 28.8 Å². The van der Waals surface area contributed by atoms with E-state index >= 15 is 0 Å². The highest BCUT2D eigenvalue weighted by Gasteiger charge is 2.17. The van der Waals surface area contributed by atoms with Gasteiger partial charge in [0, 0.05) is 16.5 Å². The minimum atomic E-state index is -0.325. The molecule has 0 aliphatic rings. The highest BCUT2D eigenvalue weighted by atomic mass is 32.2. The molecule has 33 heavy (non-hydrogen) atoms. The molecule has 4 rings (SSSR count). The van der Waals surface area contributed by atoms with E-state index in [0.29, 0.717) is 15.4 Å². The van der Waals surface area contributed by atoms with Crippen molar-refractivity contribution >= 4 is 39.2 Å². The molecule has 0 radical (unpaired) electrons. The quantitative estimate of drug-likeness (QED) is 0.264. The van der Waals surface area contributed by atoms with Crippen LogP contribution in [0.1, 0.15) is 23.8 Å². The summed E-state index contributed by atoms with van der Waals surface area (Å²) in [5.74, 6) is -0.258.